The van der Waals surface area contributed by atoms with Crippen molar-refractivity contribution in [2.75, 3.05) is 31.1 Å². The van der Waals surface area contributed by atoms with Crippen molar-refractivity contribution in [2.24, 2.45) is 0 Å². The fraction of sp³-hybridized carbons (Fsp3) is 0.350. The predicted molar refractivity (Wildman–Crippen MR) is 101 cm³/mol. The van der Waals surface area contributed by atoms with Crippen LogP contribution in [0.25, 0.3) is 0 Å². The molecule has 138 valence electrons. The molecule has 0 aliphatic carbocycles. The molecule has 0 saturated carbocycles. The highest BCUT2D eigenvalue weighted by molar-refractivity contribution is 6.30. The van der Waals surface area contributed by atoms with E-state index < -0.39 is 6.10 Å². The quantitative estimate of drug-likeness (QED) is 0.791. The Balaban J connectivity index is 1.58. The molecule has 0 N–H and O–H groups in total. The zero-order chi connectivity index (χ0) is 18.5. The van der Waals surface area contributed by atoms with Crippen LogP contribution in [0.2, 0.25) is 5.02 Å². The molecule has 0 spiro atoms. The van der Waals surface area contributed by atoms with Gasteiger partial charge in [0.15, 0.2) is 6.10 Å². The zero-order valence-corrected chi connectivity index (χ0v) is 15.5. The van der Waals surface area contributed by atoms with Gasteiger partial charge in [-0.05, 0) is 48.9 Å². The third-order valence-corrected chi connectivity index (χ3v) is 4.74. The van der Waals surface area contributed by atoms with Crippen molar-refractivity contribution < 1.29 is 13.9 Å². The summed E-state index contributed by atoms with van der Waals surface area (Å²) in [5.41, 5.74) is 1.07. The number of carbonyl (C=O) groups is 1. The number of amides is 1. The highest BCUT2D eigenvalue weighted by atomic mass is 35.5. The lowest BCUT2D eigenvalue weighted by Crippen LogP contribution is -2.52. The van der Waals surface area contributed by atoms with E-state index in [0.29, 0.717) is 30.3 Å². The van der Waals surface area contributed by atoms with Gasteiger partial charge in [0, 0.05) is 36.9 Å². The molecule has 1 aliphatic heterocycles. The van der Waals surface area contributed by atoms with E-state index in [1.165, 1.54) is 12.1 Å². The summed E-state index contributed by atoms with van der Waals surface area (Å²) in [6.45, 7) is 4.68. The monoisotopic (exact) mass is 376 g/mol. The Kier molecular flexibility index (Phi) is 5.99. The van der Waals surface area contributed by atoms with E-state index in [1.54, 1.807) is 12.1 Å². The first-order valence-electron chi connectivity index (χ1n) is 8.78. The lowest BCUT2D eigenvalue weighted by Gasteiger charge is -2.37. The highest BCUT2D eigenvalue weighted by Crippen LogP contribution is 2.22. The summed E-state index contributed by atoms with van der Waals surface area (Å²) < 4.78 is 18.8. The molecule has 1 saturated heterocycles. The summed E-state index contributed by atoms with van der Waals surface area (Å²) >= 11 is 6.06. The normalized spacial score (nSPS) is 15.7. The molecule has 26 heavy (non-hydrogen) atoms. The SMILES string of the molecule is CC[C@H](Oc1ccc(F)cc1)C(=O)N1CCN(c2cccc(Cl)c2)CC1. The van der Waals surface area contributed by atoms with Crippen LogP contribution in [0.4, 0.5) is 10.1 Å². The Morgan fingerprint density at radius 1 is 1.15 bits per heavy atom. The van der Waals surface area contributed by atoms with Gasteiger partial charge in [0.2, 0.25) is 0 Å². The molecule has 1 heterocycles. The van der Waals surface area contributed by atoms with Crippen LogP contribution in [-0.4, -0.2) is 43.1 Å². The third-order valence-electron chi connectivity index (χ3n) is 4.50. The second kappa shape index (κ2) is 8.41. The van der Waals surface area contributed by atoms with E-state index in [0.717, 1.165) is 18.8 Å². The molecular weight excluding hydrogens is 355 g/mol. The largest absolute Gasteiger partial charge is 0.481 e. The fourth-order valence-corrected chi connectivity index (χ4v) is 3.23. The topological polar surface area (TPSA) is 32.8 Å². The first-order valence-corrected chi connectivity index (χ1v) is 9.16. The van der Waals surface area contributed by atoms with Gasteiger partial charge in [-0.1, -0.05) is 24.6 Å². The number of hydrogen-bond acceptors (Lipinski definition) is 3. The number of hydrogen-bond donors (Lipinski definition) is 0. The molecular formula is C20H22ClFN2O2. The van der Waals surface area contributed by atoms with Gasteiger partial charge in [0.1, 0.15) is 11.6 Å². The molecule has 3 rings (SSSR count). The maximum atomic E-state index is 13.0. The third kappa shape index (κ3) is 4.47. The van der Waals surface area contributed by atoms with E-state index in [9.17, 15) is 9.18 Å². The van der Waals surface area contributed by atoms with Crippen LogP contribution in [-0.2, 0) is 4.79 Å². The van der Waals surface area contributed by atoms with Crippen LogP contribution in [0.1, 0.15) is 13.3 Å². The molecule has 0 radical (unpaired) electrons. The highest BCUT2D eigenvalue weighted by Gasteiger charge is 2.28. The summed E-state index contributed by atoms with van der Waals surface area (Å²) in [6.07, 6.45) is 0.00300. The number of ether oxygens (including phenoxy) is 1. The van der Waals surface area contributed by atoms with E-state index in [-0.39, 0.29) is 11.7 Å². The molecule has 0 aromatic heterocycles. The summed E-state index contributed by atoms with van der Waals surface area (Å²) in [7, 11) is 0. The van der Waals surface area contributed by atoms with E-state index in [1.807, 2.05) is 36.1 Å². The molecule has 0 unspecified atom stereocenters. The predicted octanol–water partition coefficient (Wildman–Crippen LogP) is 3.99. The molecule has 6 heteroatoms. The van der Waals surface area contributed by atoms with Crippen LogP contribution < -0.4 is 9.64 Å². The lowest BCUT2D eigenvalue weighted by atomic mass is 10.2. The van der Waals surface area contributed by atoms with Crippen molar-refractivity contribution in [1.82, 2.24) is 4.90 Å². The zero-order valence-electron chi connectivity index (χ0n) is 14.7. The fourth-order valence-electron chi connectivity index (χ4n) is 3.05. The van der Waals surface area contributed by atoms with Crippen LogP contribution in [0.3, 0.4) is 0 Å². The average molecular weight is 377 g/mol. The number of anilines is 1. The van der Waals surface area contributed by atoms with Gasteiger partial charge in [-0.15, -0.1) is 0 Å². The minimum atomic E-state index is -0.557. The second-order valence-corrected chi connectivity index (χ2v) is 6.70. The maximum absolute atomic E-state index is 13.0. The molecule has 1 atom stereocenters. The summed E-state index contributed by atoms with van der Waals surface area (Å²) in [6, 6.07) is 13.5. The maximum Gasteiger partial charge on any atom is 0.263 e. The number of carbonyl (C=O) groups excluding carboxylic acids is 1. The first-order chi connectivity index (χ1) is 12.6. The number of nitrogens with zero attached hydrogens (tertiary/aromatic N) is 2. The van der Waals surface area contributed by atoms with Gasteiger partial charge < -0.3 is 14.5 Å². The van der Waals surface area contributed by atoms with Crippen LogP contribution in [0, 0.1) is 5.82 Å². The Bertz CT molecular complexity index is 746. The molecule has 4 nitrogen and oxygen atoms in total. The summed E-state index contributed by atoms with van der Waals surface area (Å²) in [4.78, 5) is 16.8. The van der Waals surface area contributed by atoms with Gasteiger partial charge in [0.05, 0.1) is 0 Å². The smallest absolute Gasteiger partial charge is 0.263 e. The minimum Gasteiger partial charge on any atom is -0.481 e. The van der Waals surface area contributed by atoms with Gasteiger partial charge >= 0.3 is 0 Å². The van der Waals surface area contributed by atoms with Crippen molar-refractivity contribution in [1.29, 1.82) is 0 Å². The van der Waals surface area contributed by atoms with Crippen molar-refractivity contribution in [3.05, 3.63) is 59.4 Å². The number of halogens is 2. The van der Waals surface area contributed by atoms with Gasteiger partial charge in [-0.25, -0.2) is 4.39 Å². The molecule has 2 aromatic rings. The van der Waals surface area contributed by atoms with Crippen LogP contribution in [0.15, 0.2) is 48.5 Å². The van der Waals surface area contributed by atoms with Crippen molar-refractivity contribution >= 4 is 23.2 Å². The first kappa shape index (κ1) is 18.5. The van der Waals surface area contributed by atoms with Gasteiger partial charge in [-0.2, -0.15) is 0 Å². The van der Waals surface area contributed by atoms with Crippen molar-refractivity contribution in [3.63, 3.8) is 0 Å². The summed E-state index contributed by atoms with van der Waals surface area (Å²) in [5.74, 6) is 0.153. The number of piperazine rings is 1. The van der Waals surface area contributed by atoms with Crippen molar-refractivity contribution in [3.8, 4) is 5.75 Å². The average Bonchev–Trinajstić information content (AvgIpc) is 2.67. The molecule has 1 amide bonds. The Hall–Kier alpha value is -2.27. The Labute approximate surface area is 158 Å². The standard InChI is InChI=1S/C20H22ClFN2O2/c1-2-19(26-18-8-6-16(22)7-9-18)20(25)24-12-10-23(11-13-24)17-5-3-4-15(21)14-17/h3-9,14,19H,2,10-13H2,1H3/t19-/m0/s1. The van der Waals surface area contributed by atoms with Gasteiger partial charge in [0.25, 0.3) is 5.91 Å². The van der Waals surface area contributed by atoms with Crippen molar-refractivity contribution in [2.45, 2.75) is 19.4 Å². The summed E-state index contributed by atoms with van der Waals surface area (Å²) in [5, 5.41) is 0.708. The molecule has 2 aromatic carbocycles. The van der Waals surface area contributed by atoms with Crippen LogP contribution in [0.5, 0.6) is 5.75 Å². The van der Waals surface area contributed by atoms with Crippen LogP contribution >= 0.6 is 11.6 Å². The minimum absolute atomic E-state index is 0.0254. The van der Waals surface area contributed by atoms with E-state index >= 15 is 0 Å². The van der Waals surface area contributed by atoms with E-state index in [2.05, 4.69) is 4.90 Å². The number of rotatable bonds is 5. The second-order valence-electron chi connectivity index (χ2n) is 6.26. The molecule has 1 fully saturated rings. The molecule has 1 aliphatic rings. The lowest BCUT2D eigenvalue weighted by molar-refractivity contribution is -0.139. The van der Waals surface area contributed by atoms with Gasteiger partial charge in [-0.3, -0.25) is 4.79 Å². The molecule has 0 bridgehead atoms. The Morgan fingerprint density at radius 2 is 1.85 bits per heavy atom. The van der Waals surface area contributed by atoms with E-state index in [4.69, 9.17) is 16.3 Å². The number of benzene rings is 2. The Morgan fingerprint density at radius 3 is 2.46 bits per heavy atom.